The summed E-state index contributed by atoms with van der Waals surface area (Å²) in [6.07, 6.45) is 0.589. The molecule has 0 aliphatic rings. The summed E-state index contributed by atoms with van der Waals surface area (Å²) in [7, 11) is 0. The van der Waals surface area contributed by atoms with Gasteiger partial charge < -0.3 is 0 Å². The number of halogens is 1. The van der Waals surface area contributed by atoms with E-state index in [1.54, 1.807) is 6.07 Å². The molecule has 116 valence electrons. The van der Waals surface area contributed by atoms with Crippen LogP contribution in [0.5, 0.6) is 0 Å². The van der Waals surface area contributed by atoms with Crippen LogP contribution in [0, 0.1) is 5.82 Å². The quantitative estimate of drug-likeness (QED) is 0.420. The second kappa shape index (κ2) is 6.29. The zero-order valence-electron chi connectivity index (χ0n) is 13.2. The first-order valence-electron chi connectivity index (χ1n) is 8.12. The molecule has 0 saturated heterocycles. The Labute approximate surface area is 141 Å². The summed E-state index contributed by atoms with van der Waals surface area (Å²) in [6.45, 7) is 0. The molecule has 0 bridgehead atoms. The van der Waals surface area contributed by atoms with Gasteiger partial charge in [-0.1, -0.05) is 84.9 Å². The van der Waals surface area contributed by atoms with E-state index in [9.17, 15) is 4.39 Å². The van der Waals surface area contributed by atoms with E-state index in [0.717, 1.165) is 16.7 Å². The molecule has 0 aliphatic carbocycles. The third-order valence-corrected chi connectivity index (χ3v) is 4.44. The summed E-state index contributed by atoms with van der Waals surface area (Å²) in [5.74, 6) is -0.148. The minimum atomic E-state index is -0.148. The standard InChI is InChI=1S/C23H17F/c24-23-15-6-3-10-19(23)16-18-9-2-5-13-21(18)22-14-7-11-17-8-1-4-12-20(17)22/h1-15H,16H2. The molecule has 4 aromatic carbocycles. The lowest BCUT2D eigenvalue weighted by molar-refractivity contribution is 0.614. The van der Waals surface area contributed by atoms with Crippen LogP contribution in [0.2, 0.25) is 0 Å². The molecular weight excluding hydrogens is 295 g/mol. The molecule has 0 spiro atoms. The first-order valence-corrected chi connectivity index (χ1v) is 8.12. The minimum Gasteiger partial charge on any atom is -0.207 e. The van der Waals surface area contributed by atoms with Gasteiger partial charge in [-0.3, -0.25) is 0 Å². The summed E-state index contributed by atoms with van der Waals surface area (Å²) in [5.41, 5.74) is 4.22. The average molecular weight is 312 g/mol. The van der Waals surface area contributed by atoms with Crippen LogP contribution in [0.1, 0.15) is 11.1 Å². The molecule has 0 heterocycles. The van der Waals surface area contributed by atoms with Gasteiger partial charge >= 0.3 is 0 Å². The van der Waals surface area contributed by atoms with Crippen LogP contribution < -0.4 is 0 Å². The number of rotatable bonds is 3. The average Bonchev–Trinajstić information content (AvgIpc) is 2.64. The van der Waals surface area contributed by atoms with Crippen molar-refractivity contribution in [1.82, 2.24) is 0 Å². The maximum absolute atomic E-state index is 14.1. The molecule has 24 heavy (non-hydrogen) atoms. The van der Waals surface area contributed by atoms with Crippen molar-refractivity contribution < 1.29 is 4.39 Å². The van der Waals surface area contributed by atoms with Gasteiger partial charge in [-0.25, -0.2) is 4.39 Å². The Hall–Kier alpha value is -2.93. The lowest BCUT2D eigenvalue weighted by atomic mass is 9.92. The van der Waals surface area contributed by atoms with Crippen LogP contribution >= 0.6 is 0 Å². The van der Waals surface area contributed by atoms with Crippen LogP contribution in [0.25, 0.3) is 21.9 Å². The summed E-state index contributed by atoms with van der Waals surface area (Å²) < 4.78 is 14.1. The molecular formula is C23H17F. The second-order valence-corrected chi connectivity index (χ2v) is 5.95. The zero-order chi connectivity index (χ0) is 16.4. The largest absolute Gasteiger partial charge is 0.207 e. The van der Waals surface area contributed by atoms with Gasteiger partial charge in [0.15, 0.2) is 0 Å². The highest BCUT2D eigenvalue weighted by Gasteiger charge is 2.10. The van der Waals surface area contributed by atoms with Gasteiger partial charge in [-0.2, -0.15) is 0 Å². The number of benzene rings is 4. The molecule has 0 amide bonds. The number of hydrogen-bond donors (Lipinski definition) is 0. The van der Waals surface area contributed by atoms with E-state index < -0.39 is 0 Å². The monoisotopic (exact) mass is 312 g/mol. The molecule has 0 radical (unpaired) electrons. The van der Waals surface area contributed by atoms with Gasteiger partial charge in [0, 0.05) is 6.42 Å². The number of hydrogen-bond acceptors (Lipinski definition) is 0. The van der Waals surface area contributed by atoms with Gasteiger partial charge in [0.2, 0.25) is 0 Å². The topological polar surface area (TPSA) is 0 Å². The molecule has 0 saturated carbocycles. The normalized spacial score (nSPS) is 10.9. The van der Waals surface area contributed by atoms with Crippen molar-refractivity contribution in [1.29, 1.82) is 0 Å². The van der Waals surface area contributed by atoms with E-state index in [4.69, 9.17) is 0 Å². The first-order chi connectivity index (χ1) is 11.8. The summed E-state index contributed by atoms with van der Waals surface area (Å²) in [4.78, 5) is 0. The van der Waals surface area contributed by atoms with E-state index >= 15 is 0 Å². The zero-order valence-corrected chi connectivity index (χ0v) is 13.2. The molecule has 0 aliphatic heterocycles. The lowest BCUT2D eigenvalue weighted by Gasteiger charge is -2.13. The smallest absolute Gasteiger partial charge is 0.126 e. The van der Waals surface area contributed by atoms with E-state index in [-0.39, 0.29) is 5.82 Å². The Morgan fingerprint density at radius 3 is 2.04 bits per heavy atom. The van der Waals surface area contributed by atoms with E-state index in [1.807, 2.05) is 24.3 Å². The third kappa shape index (κ3) is 2.69. The van der Waals surface area contributed by atoms with Gasteiger partial charge in [0.1, 0.15) is 5.82 Å². The molecule has 0 atom stereocenters. The van der Waals surface area contributed by atoms with E-state index in [2.05, 4.69) is 54.6 Å². The predicted molar refractivity (Wildman–Crippen MR) is 98.6 cm³/mol. The SMILES string of the molecule is Fc1ccccc1Cc1ccccc1-c1cccc2ccccc12. The van der Waals surface area contributed by atoms with Crippen LogP contribution in [-0.2, 0) is 6.42 Å². The highest BCUT2D eigenvalue weighted by molar-refractivity contribution is 5.97. The summed E-state index contributed by atoms with van der Waals surface area (Å²) >= 11 is 0. The Kier molecular flexibility index (Phi) is 3.84. The first kappa shape index (κ1) is 14.6. The van der Waals surface area contributed by atoms with Gasteiger partial charge in [0.25, 0.3) is 0 Å². The summed E-state index contributed by atoms with van der Waals surface area (Å²) in [6, 6.07) is 30.0. The molecule has 0 fully saturated rings. The fourth-order valence-electron chi connectivity index (χ4n) is 3.24. The van der Waals surface area contributed by atoms with Crippen LogP contribution in [0.15, 0.2) is 91.0 Å². The highest BCUT2D eigenvalue weighted by Crippen LogP contribution is 2.32. The molecule has 0 N–H and O–H groups in total. The van der Waals surface area contributed by atoms with E-state index in [1.165, 1.54) is 22.4 Å². The van der Waals surface area contributed by atoms with Crippen LogP contribution in [0.4, 0.5) is 4.39 Å². The van der Waals surface area contributed by atoms with Crippen molar-refractivity contribution in [2.45, 2.75) is 6.42 Å². The van der Waals surface area contributed by atoms with Crippen LogP contribution in [0.3, 0.4) is 0 Å². The summed E-state index contributed by atoms with van der Waals surface area (Å²) in [5, 5.41) is 2.44. The maximum Gasteiger partial charge on any atom is 0.126 e. The fraction of sp³-hybridized carbons (Fsp3) is 0.0435. The van der Waals surface area contributed by atoms with Crippen molar-refractivity contribution in [3.63, 3.8) is 0 Å². The Morgan fingerprint density at radius 2 is 1.17 bits per heavy atom. The van der Waals surface area contributed by atoms with Gasteiger partial charge in [-0.15, -0.1) is 0 Å². The Balaban J connectivity index is 1.86. The molecule has 0 unspecified atom stereocenters. The molecule has 0 aromatic heterocycles. The third-order valence-electron chi connectivity index (χ3n) is 4.44. The highest BCUT2D eigenvalue weighted by atomic mass is 19.1. The van der Waals surface area contributed by atoms with Crippen molar-refractivity contribution in [3.05, 3.63) is 108 Å². The second-order valence-electron chi connectivity index (χ2n) is 5.95. The molecule has 0 nitrogen and oxygen atoms in total. The molecule has 4 rings (SSSR count). The maximum atomic E-state index is 14.1. The van der Waals surface area contributed by atoms with Crippen molar-refractivity contribution in [2.75, 3.05) is 0 Å². The van der Waals surface area contributed by atoms with Crippen molar-refractivity contribution >= 4 is 10.8 Å². The van der Waals surface area contributed by atoms with Gasteiger partial charge in [-0.05, 0) is 39.1 Å². The molecule has 4 aromatic rings. The van der Waals surface area contributed by atoms with Gasteiger partial charge in [0.05, 0.1) is 0 Å². The predicted octanol–water partition coefficient (Wildman–Crippen LogP) is 6.24. The van der Waals surface area contributed by atoms with Crippen molar-refractivity contribution in [2.24, 2.45) is 0 Å². The van der Waals surface area contributed by atoms with Crippen LogP contribution in [-0.4, -0.2) is 0 Å². The van der Waals surface area contributed by atoms with E-state index in [0.29, 0.717) is 6.42 Å². The fourth-order valence-corrected chi connectivity index (χ4v) is 3.24. The van der Waals surface area contributed by atoms with Crippen molar-refractivity contribution in [3.8, 4) is 11.1 Å². The Bertz CT molecular complexity index is 996. The lowest BCUT2D eigenvalue weighted by Crippen LogP contribution is -1.95. The Morgan fingerprint density at radius 1 is 0.542 bits per heavy atom. The number of fused-ring (bicyclic) bond motifs is 1. The minimum absolute atomic E-state index is 0.148. The molecule has 1 heteroatoms.